The van der Waals surface area contributed by atoms with Gasteiger partial charge >= 0.3 is 0 Å². The molecular weight excluding hydrogens is 288 g/mol. The van der Waals surface area contributed by atoms with Crippen molar-refractivity contribution in [2.75, 3.05) is 18.4 Å². The third kappa shape index (κ3) is 4.34. The molecule has 2 amide bonds. The van der Waals surface area contributed by atoms with Crippen molar-refractivity contribution >= 4 is 17.5 Å². The van der Waals surface area contributed by atoms with E-state index >= 15 is 0 Å². The highest BCUT2D eigenvalue weighted by Crippen LogP contribution is 2.24. The van der Waals surface area contributed by atoms with Crippen LogP contribution < -0.4 is 5.32 Å². The second kappa shape index (κ2) is 6.73. The Balaban J connectivity index is 2.02. The van der Waals surface area contributed by atoms with E-state index in [1.807, 2.05) is 50.8 Å². The molecule has 0 aromatic heterocycles. The standard InChI is InChI=1S/C19H28N2O2/c1-13-8-9-16(11-14(13)2)20-17(22)15-7-6-10-21(12-15)18(23)19(3,4)5/h8-9,11,15H,6-7,10,12H2,1-5H3,(H,20,22)/t15-/m0/s1. The summed E-state index contributed by atoms with van der Waals surface area (Å²) in [6.45, 7) is 11.1. The Bertz CT molecular complexity index is 602. The molecule has 2 rings (SSSR count). The van der Waals surface area contributed by atoms with Gasteiger partial charge in [0.15, 0.2) is 0 Å². The van der Waals surface area contributed by atoms with Crippen LogP contribution in [0.15, 0.2) is 18.2 Å². The molecule has 1 fully saturated rings. The van der Waals surface area contributed by atoms with E-state index < -0.39 is 5.41 Å². The zero-order valence-electron chi connectivity index (χ0n) is 14.9. The first kappa shape index (κ1) is 17.5. The predicted molar refractivity (Wildman–Crippen MR) is 93.3 cm³/mol. The molecule has 1 aliphatic heterocycles. The van der Waals surface area contributed by atoms with Crippen molar-refractivity contribution in [2.24, 2.45) is 11.3 Å². The second-order valence-corrected chi connectivity index (χ2v) is 7.63. The van der Waals surface area contributed by atoms with Crippen LogP contribution in [0.5, 0.6) is 0 Å². The number of amides is 2. The van der Waals surface area contributed by atoms with E-state index in [1.54, 1.807) is 0 Å². The molecule has 0 aliphatic carbocycles. The van der Waals surface area contributed by atoms with Gasteiger partial charge in [0.1, 0.15) is 0 Å². The van der Waals surface area contributed by atoms with Gasteiger partial charge in [-0.2, -0.15) is 0 Å². The van der Waals surface area contributed by atoms with Gasteiger partial charge in [-0.3, -0.25) is 9.59 Å². The molecule has 126 valence electrons. The topological polar surface area (TPSA) is 49.4 Å². The number of nitrogens with zero attached hydrogens (tertiary/aromatic N) is 1. The number of likely N-dealkylation sites (tertiary alicyclic amines) is 1. The van der Waals surface area contributed by atoms with E-state index in [2.05, 4.69) is 12.2 Å². The van der Waals surface area contributed by atoms with Crippen molar-refractivity contribution in [1.29, 1.82) is 0 Å². The zero-order valence-corrected chi connectivity index (χ0v) is 14.9. The molecule has 1 aliphatic rings. The first-order valence-electron chi connectivity index (χ1n) is 8.36. The fraction of sp³-hybridized carbons (Fsp3) is 0.579. The van der Waals surface area contributed by atoms with E-state index in [-0.39, 0.29) is 17.7 Å². The number of nitrogens with one attached hydrogen (secondary N) is 1. The molecule has 4 heteroatoms. The van der Waals surface area contributed by atoms with Crippen LogP contribution in [-0.2, 0) is 9.59 Å². The predicted octanol–water partition coefficient (Wildman–Crippen LogP) is 3.53. The van der Waals surface area contributed by atoms with Crippen LogP contribution in [0.4, 0.5) is 5.69 Å². The summed E-state index contributed by atoms with van der Waals surface area (Å²) in [5.41, 5.74) is 2.81. The summed E-state index contributed by atoms with van der Waals surface area (Å²) in [6, 6.07) is 5.94. The fourth-order valence-corrected chi connectivity index (χ4v) is 2.91. The van der Waals surface area contributed by atoms with Crippen molar-refractivity contribution in [3.63, 3.8) is 0 Å². The molecule has 1 heterocycles. The molecule has 1 atom stereocenters. The highest BCUT2D eigenvalue weighted by atomic mass is 16.2. The number of hydrogen-bond acceptors (Lipinski definition) is 2. The maximum atomic E-state index is 12.5. The van der Waals surface area contributed by atoms with E-state index in [4.69, 9.17) is 0 Å². The Labute approximate surface area is 139 Å². The Morgan fingerprint density at radius 2 is 1.87 bits per heavy atom. The summed E-state index contributed by atoms with van der Waals surface area (Å²) in [7, 11) is 0. The molecule has 0 bridgehead atoms. The van der Waals surface area contributed by atoms with E-state index in [0.29, 0.717) is 6.54 Å². The van der Waals surface area contributed by atoms with Crippen molar-refractivity contribution in [3.8, 4) is 0 Å². The average molecular weight is 316 g/mol. The number of benzene rings is 1. The molecule has 1 aromatic rings. The number of carbonyl (C=O) groups excluding carboxylic acids is 2. The minimum absolute atomic E-state index is 0.0136. The molecular formula is C19H28N2O2. The van der Waals surface area contributed by atoms with E-state index in [0.717, 1.165) is 30.6 Å². The van der Waals surface area contributed by atoms with Crippen molar-refractivity contribution in [3.05, 3.63) is 29.3 Å². The molecule has 0 radical (unpaired) electrons. The van der Waals surface area contributed by atoms with Crippen LogP contribution in [0.2, 0.25) is 0 Å². The molecule has 1 N–H and O–H groups in total. The lowest BCUT2D eigenvalue weighted by Crippen LogP contribution is -2.47. The third-order valence-electron chi connectivity index (χ3n) is 4.50. The molecule has 23 heavy (non-hydrogen) atoms. The first-order valence-corrected chi connectivity index (χ1v) is 8.36. The number of anilines is 1. The van der Waals surface area contributed by atoms with Crippen LogP contribution >= 0.6 is 0 Å². The van der Waals surface area contributed by atoms with Gasteiger partial charge in [-0.25, -0.2) is 0 Å². The van der Waals surface area contributed by atoms with E-state index in [9.17, 15) is 9.59 Å². The quantitative estimate of drug-likeness (QED) is 0.907. The SMILES string of the molecule is Cc1ccc(NC(=O)[C@H]2CCCN(C(=O)C(C)(C)C)C2)cc1C. The van der Waals surface area contributed by atoms with Crippen LogP contribution in [-0.4, -0.2) is 29.8 Å². The average Bonchev–Trinajstić information content (AvgIpc) is 2.49. The zero-order chi connectivity index (χ0) is 17.2. The molecule has 1 aromatic carbocycles. The smallest absolute Gasteiger partial charge is 0.229 e. The van der Waals surface area contributed by atoms with Crippen molar-refractivity contribution < 1.29 is 9.59 Å². The minimum Gasteiger partial charge on any atom is -0.341 e. The lowest BCUT2D eigenvalue weighted by molar-refractivity contribution is -0.142. The summed E-state index contributed by atoms with van der Waals surface area (Å²) >= 11 is 0. The minimum atomic E-state index is -0.396. The van der Waals surface area contributed by atoms with Crippen LogP contribution in [0.25, 0.3) is 0 Å². The number of carbonyl (C=O) groups is 2. The lowest BCUT2D eigenvalue weighted by atomic mass is 9.91. The van der Waals surface area contributed by atoms with Crippen LogP contribution in [0.3, 0.4) is 0 Å². The van der Waals surface area contributed by atoms with Gasteiger partial charge in [0.2, 0.25) is 11.8 Å². The van der Waals surface area contributed by atoms with Crippen molar-refractivity contribution in [1.82, 2.24) is 4.90 Å². The largest absolute Gasteiger partial charge is 0.341 e. The third-order valence-corrected chi connectivity index (χ3v) is 4.50. The van der Waals surface area contributed by atoms with Crippen molar-refractivity contribution in [2.45, 2.75) is 47.5 Å². The number of hydrogen-bond donors (Lipinski definition) is 1. The summed E-state index contributed by atoms with van der Waals surface area (Å²) < 4.78 is 0. The fourth-order valence-electron chi connectivity index (χ4n) is 2.91. The normalized spacial score (nSPS) is 18.7. The van der Waals surface area contributed by atoms with Crippen LogP contribution in [0.1, 0.15) is 44.7 Å². The summed E-state index contributed by atoms with van der Waals surface area (Å²) in [5, 5.41) is 3.00. The van der Waals surface area contributed by atoms with E-state index in [1.165, 1.54) is 5.56 Å². The van der Waals surface area contributed by atoms with Gasteiger partial charge in [0.25, 0.3) is 0 Å². The summed E-state index contributed by atoms with van der Waals surface area (Å²) in [4.78, 5) is 26.8. The number of aryl methyl sites for hydroxylation is 2. The Morgan fingerprint density at radius 3 is 2.48 bits per heavy atom. The maximum absolute atomic E-state index is 12.5. The summed E-state index contributed by atoms with van der Waals surface area (Å²) in [6.07, 6.45) is 1.72. The van der Waals surface area contributed by atoms with Gasteiger partial charge in [-0.1, -0.05) is 26.8 Å². The highest BCUT2D eigenvalue weighted by molar-refractivity contribution is 5.93. The molecule has 4 nitrogen and oxygen atoms in total. The Kier molecular flexibility index (Phi) is 5.12. The van der Waals surface area contributed by atoms with Gasteiger partial charge in [-0.15, -0.1) is 0 Å². The monoisotopic (exact) mass is 316 g/mol. The maximum Gasteiger partial charge on any atom is 0.229 e. The highest BCUT2D eigenvalue weighted by Gasteiger charge is 2.33. The van der Waals surface area contributed by atoms with Gasteiger partial charge in [0, 0.05) is 24.2 Å². The Hall–Kier alpha value is -1.84. The number of rotatable bonds is 2. The molecule has 1 saturated heterocycles. The molecule has 0 spiro atoms. The lowest BCUT2D eigenvalue weighted by Gasteiger charge is -2.35. The molecule has 0 saturated carbocycles. The van der Waals surface area contributed by atoms with Gasteiger partial charge < -0.3 is 10.2 Å². The van der Waals surface area contributed by atoms with Gasteiger partial charge in [-0.05, 0) is 49.9 Å². The van der Waals surface area contributed by atoms with Crippen LogP contribution in [0, 0.1) is 25.2 Å². The number of piperidine rings is 1. The van der Waals surface area contributed by atoms with Gasteiger partial charge in [0.05, 0.1) is 5.92 Å². The first-order chi connectivity index (χ1) is 10.7. The summed E-state index contributed by atoms with van der Waals surface area (Å²) in [5.74, 6) is 0.0116. The molecule has 0 unspecified atom stereocenters. The second-order valence-electron chi connectivity index (χ2n) is 7.63. The Morgan fingerprint density at radius 1 is 1.17 bits per heavy atom.